The van der Waals surface area contributed by atoms with Gasteiger partial charge in [-0.3, -0.25) is 4.98 Å². The van der Waals surface area contributed by atoms with Crippen molar-refractivity contribution in [3.63, 3.8) is 0 Å². The second-order valence-corrected chi connectivity index (χ2v) is 24.7. The van der Waals surface area contributed by atoms with Crippen LogP contribution in [-0.2, 0) is 28.2 Å². The van der Waals surface area contributed by atoms with Gasteiger partial charge in [0.2, 0.25) is 0 Å². The highest BCUT2D eigenvalue weighted by atomic mass is 19.1. The van der Waals surface area contributed by atoms with E-state index in [2.05, 4.69) is 211 Å². The maximum absolute atomic E-state index is 14.7. The molecular formula is C67H68F2N4O. The smallest absolute Gasteiger partial charge is 0.135 e. The Labute approximate surface area is 434 Å². The lowest BCUT2D eigenvalue weighted by Crippen LogP contribution is -2.10. The normalized spacial score (nSPS) is 12.9. The van der Waals surface area contributed by atoms with Crippen LogP contribution < -0.4 is 4.74 Å². The standard InChI is InChI=1S/C67H68F2N4O/c1-64(2,3)41-15-23-60-50(33-41)51-34-42(65(4,5)6)16-24-61(51)72(60)46-20-27-58-54(38-46)55-39-47(73-62-25-17-43(66(7,8)9)35-52(62)53-36-44(67(10,11)12)18-26-63(53)73)21-28-59(55)71(58)31-13-14-32-74-48-29-30-70-57(40-48)49-22-19-45(68)37-56(49)69/h15-30,33-40H,13-14,31-32H2,1-12H3. The fraction of sp³-hybridized carbons (Fsp3) is 0.299. The summed E-state index contributed by atoms with van der Waals surface area (Å²) in [7, 11) is 0. The van der Waals surface area contributed by atoms with E-state index in [1.54, 1.807) is 18.3 Å². The highest BCUT2D eigenvalue weighted by Crippen LogP contribution is 2.42. The van der Waals surface area contributed by atoms with Gasteiger partial charge in [-0.15, -0.1) is 0 Å². The lowest BCUT2D eigenvalue weighted by atomic mass is 9.85. The van der Waals surface area contributed by atoms with Gasteiger partial charge in [-0.2, -0.15) is 0 Å². The van der Waals surface area contributed by atoms with Gasteiger partial charge in [0.25, 0.3) is 0 Å². The number of fused-ring (bicyclic) bond motifs is 9. The van der Waals surface area contributed by atoms with E-state index in [0.29, 0.717) is 18.1 Å². The summed E-state index contributed by atoms with van der Waals surface area (Å²) in [6, 6.07) is 49.3. The van der Waals surface area contributed by atoms with Gasteiger partial charge in [-0.05, 0) is 160 Å². The Hall–Kier alpha value is -7.25. The van der Waals surface area contributed by atoms with Gasteiger partial charge in [-0.1, -0.05) is 107 Å². The molecule has 0 spiro atoms. The van der Waals surface area contributed by atoms with E-state index in [4.69, 9.17) is 4.74 Å². The molecule has 0 aliphatic carbocycles. The zero-order valence-corrected chi connectivity index (χ0v) is 45.1. The van der Waals surface area contributed by atoms with Crippen molar-refractivity contribution in [2.75, 3.05) is 6.61 Å². The molecular weight excluding hydrogens is 915 g/mol. The second-order valence-electron chi connectivity index (χ2n) is 24.7. The van der Waals surface area contributed by atoms with Crippen LogP contribution in [0.5, 0.6) is 5.75 Å². The van der Waals surface area contributed by atoms with Crippen molar-refractivity contribution in [2.24, 2.45) is 0 Å². The topological polar surface area (TPSA) is 36.9 Å². The van der Waals surface area contributed by atoms with E-state index in [-0.39, 0.29) is 27.2 Å². The maximum Gasteiger partial charge on any atom is 0.135 e. The number of hydrogen-bond acceptors (Lipinski definition) is 2. The summed E-state index contributed by atoms with van der Waals surface area (Å²) in [4.78, 5) is 4.34. The van der Waals surface area contributed by atoms with Crippen LogP contribution in [0.4, 0.5) is 8.78 Å². The summed E-state index contributed by atoms with van der Waals surface area (Å²) in [5, 5.41) is 7.48. The van der Waals surface area contributed by atoms with Crippen molar-refractivity contribution >= 4 is 65.4 Å². The summed E-state index contributed by atoms with van der Waals surface area (Å²) in [6.45, 7) is 28.8. The predicted molar refractivity (Wildman–Crippen MR) is 307 cm³/mol. The molecule has 0 aliphatic rings. The number of benzene rings is 7. The van der Waals surface area contributed by atoms with Crippen molar-refractivity contribution < 1.29 is 13.5 Å². The van der Waals surface area contributed by atoms with Crippen molar-refractivity contribution in [3.05, 3.63) is 180 Å². The molecule has 0 saturated heterocycles. The summed E-state index contributed by atoms with van der Waals surface area (Å²) in [5.41, 5.74) is 15.3. The number of halogens is 2. The number of rotatable bonds is 9. The molecule has 4 heterocycles. The van der Waals surface area contributed by atoms with E-state index < -0.39 is 11.6 Å². The molecule has 0 unspecified atom stereocenters. The number of aromatic nitrogens is 4. The van der Waals surface area contributed by atoms with Crippen molar-refractivity contribution in [1.82, 2.24) is 18.7 Å². The van der Waals surface area contributed by atoms with Gasteiger partial charge in [0.15, 0.2) is 0 Å². The minimum Gasteiger partial charge on any atom is -0.493 e. The van der Waals surface area contributed by atoms with Crippen LogP contribution in [0.25, 0.3) is 88.0 Å². The molecule has 0 radical (unpaired) electrons. The molecule has 0 N–H and O–H groups in total. The largest absolute Gasteiger partial charge is 0.493 e. The summed E-state index contributed by atoms with van der Waals surface area (Å²) in [6.07, 6.45) is 3.26. The SMILES string of the molecule is CC(C)(C)c1ccc2c(c1)c1cc(C(C)(C)C)ccc1n2-c1ccc2c(c1)c1cc(-n3c4ccc(C(C)(C)C)cc4c4cc(C(C)(C)C)ccc43)ccc1n2CCCCOc1ccnc(-c2ccc(F)cc2F)c1. The average Bonchev–Trinajstić information content (AvgIpc) is 3.96. The number of ether oxygens (including phenoxy) is 1. The molecule has 4 aromatic heterocycles. The molecule has 11 rings (SSSR count). The summed E-state index contributed by atoms with van der Waals surface area (Å²) < 4.78 is 42.0. The molecule has 0 bridgehead atoms. The highest BCUT2D eigenvalue weighted by molar-refractivity contribution is 6.14. The number of aryl methyl sites for hydroxylation is 1. The summed E-state index contributed by atoms with van der Waals surface area (Å²) >= 11 is 0. The first kappa shape index (κ1) is 49.0. The Balaban J connectivity index is 1.04. The molecule has 0 fully saturated rings. The maximum atomic E-state index is 14.7. The van der Waals surface area contributed by atoms with E-state index in [0.717, 1.165) is 36.8 Å². The van der Waals surface area contributed by atoms with Crippen molar-refractivity contribution in [1.29, 1.82) is 0 Å². The Morgan fingerprint density at radius 1 is 0.419 bits per heavy atom. The zero-order chi connectivity index (χ0) is 52.2. The molecule has 74 heavy (non-hydrogen) atoms. The van der Waals surface area contributed by atoms with Gasteiger partial charge in [-0.25, -0.2) is 8.78 Å². The van der Waals surface area contributed by atoms with E-state index >= 15 is 0 Å². The van der Waals surface area contributed by atoms with Crippen molar-refractivity contribution in [3.8, 4) is 28.4 Å². The monoisotopic (exact) mass is 983 g/mol. The van der Waals surface area contributed by atoms with Crippen LogP contribution in [0, 0.1) is 11.6 Å². The Morgan fingerprint density at radius 3 is 1.23 bits per heavy atom. The quantitative estimate of drug-likeness (QED) is 0.135. The number of unbranched alkanes of at least 4 members (excludes halogenated alkanes) is 1. The third-order valence-electron chi connectivity index (χ3n) is 15.3. The van der Waals surface area contributed by atoms with E-state index in [9.17, 15) is 8.78 Å². The third kappa shape index (κ3) is 8.72. The predicted octanol–water partition coefficient (Wildman–Crippen LogP) is 18.4. The molecule has 376 valence electrons. The van der Waals surface area contributed by atoms with E-state index in [1.807, 2.05) is 0 Å². The lowest BCUT2D eigenvalue weighted by Gasteiger charge is -2.19. The van der Waals surface area contributed by atoms with Crippen LogP contribution >= 0.6 is 0 Å². The van der Waals surface area contributed by atoms with Gasteiger partial charge >= 0.3 is 0 Å². The van der Waals surface area contributed by atoms with Gasteiger partial charge < -0.3 is 18.4 Å². The zero-order valence-electron chi connectivity index (χ0n) is 45.1. The lowest BCUT2D eigenvalue weighted by molar-refractivity contribution is 0.303. The Bertz CT molecular complexity index is 3660. The van der Waals surface area contributed by atoms with Crippen LogP contribution in [0.3, 0.4) is 0 Å². The minimum absolute atomic E-state index is 0.00338. The first-order valence-corrected chi connectivity index (χ1v) is 26.3. The molecule has 0 aliphatic heterocycles. The molecule has 0 saturated carbocycles. The number of pyridine rings is 1. The van der Waals surface area contributed by atoms with E-state index in [1.165, 1.54) is 99.8 Å². The third-order valence-corrected chi connectivity index (χ3v) is 15.3. The molecule has 7 aromatic carbocycles. The van der Waals surface area contributed by atoms with Crippen LogP contribution in [-0.4, -0.2) is 25.3 Å². The van der Waals surface area contributed by atoms with Gasteiger partial charge in [0.05, 0.1) is 34.4 Å². The molecule has 0 atom stereocenters. The number of hydrogen-bond donors (Lipinski definition) is 0. The molecule has 11 aromatic rings. The van der Waals surface area contributed by atoms with Crippen molar-refractivity contribution in [2.45, 2.75) is 124 Å². The molecule has 0 amide bonds. The average molecular weight is 983 g/mol. The van der Waals surface area contributed by atoms with Crippen LogP contribution in [0.15, 0.2) is 146 Å². The highest BCUT2D eigenvalue weighted by Gasteiger charge is 2.25. The fourth-order valence-electron chi connectivity index (χ4n) is 11.0. The molecule has 7 heteroatoms. The van der Waals surface area contributed by atoms with Crippen LogP contribution in [0.1, 0.15) is 118 Å². The second kappa shape index (κ2) is 17.7. The summed E-state index contributed by atoms with van der Waals surface area (Å²) in [5.74, 6) is -0.679. The van der Waals surface area contributed by atoms with Gasteiger partial charge in [0.1, 0.15) is 17.4 Å². The van der Waals surface area contributed by atoms with Crippen LogP contribution in [0.2, 0.25) is 0 Å². The fourth-order valence-corrected chi connectivity index (χ4v) is 11.0. The Morgan fingerprint density at radius 2 is 0.824 bits per heavy atom. The Kier molecular flexibility index (Phi) is 11.7. The minimum atomic E-state index is -0.654. The number of nitrogens with zero attached hydrogens (tertiary/aromatic N) is 4. The first-order valence-electron chi connectivity index (χ1n) is 26.3. The van der Waals surface area contributed by atoms with Gasteiger partial charge in [0, 0.05) is 85.2 Å². The first-order chi connectivity index (χ1) is 35.0. The molecule has 5 nitrogen and oxygen atoms in total.